The van der Waals surface area contributed by atoms with Crippen molar-refractivity contribution in [3.8, 4) is 0 Å². The van der Waals surface area contributed by atoms with Gasteiger partial charge in [-0.2, -0.15) is 0 Å². The van der Waals surface area contributed by atoms with Crippen LogP contribution in [0, 0.1) is 0 Å². The summed E-state index contributed by atoms with van der Waals surface area (Å²) in [6.07, 6.45) is 3.01. The summed E-state index contributed by atoms with van der Waals surface area (Å²) in [4.78, 5) is 6.62. The van der Waals surface area contributed by atoms with Crippen LogP contribution in [0.4, 0.5) is 5.82 Å². The van der Waals surface area contributed by atoms with Crippen molar-refractivity contribution in [3.63, 3.8) is 0 Å². The predicted octanol–water partition coefficient (Wildman–Crippen LogP) is 1.04. The molecule has 0 aliphatic carbocycles. The van der Waals surface area contributed by atoms with Gasteiger partial charge in [0.25, 0.3) is 0 Å². The van der Waals surface area contributed by atoms with Crippen LogP contribution in [-0.2, 0) is 4.74 Å². The fourth-order valence-corrected chi connectivity index (χ4v) is 2.69. The van der Waals surface area contributed by atoms with Gasteiger partial charge in [-0.25, -0.2) is 4.98 Å². The van der Waals surface area contributed by atoms with Crippen molar-refractivity contribution in [2.75, 3.05) is 39.0 Å². The van der Waals surface area contributed by atoms with Crippen molar-refractivity contribution in [2.45, 2.75) is 25.5 Å². The number of hydrogen-bond donors (Lipinski definition) is 2. The summed E-state index contributed by atoms with van der Waals surface area (Å²) in [5, 5.41) is 3.32. The molecule has 0 spiro atoms. The molecule has 2 unspecified atom stereocenters. The van der Waals surface area contributed by atoms with E-state index >= 15 is 0 Å². The Kier molecular flexibility index (Phi) is 5.13. The second kappa shape index (κ2) is 6.84. The van der Waals surface area contributed by atoms with Crippen molar-refractivity contribution in [3.05, 3.63) is 23.9 Å². The second-order valence-electron chi connectivity index (χ2n) is 4.95. The average Bonchev–Trinajstić information content (AvgIpc) is 2.43. The van der Waals surface area contributed by atoms with Crippen LogP contribution in [-0.4, -0.2) is 49.3 Å². The first-order valence-electron chi connectivity index (χ1n) is 6.97. The highest BCUT2D eigenvalue weighted by Crippen LogP contribution is 2.25. The number of nitrogens with zero attached hydrogens (tertiary/aromatic N) is 2. The van der Waals surface area contributed by atoms with Crippen LogP contribution in [0.25, 0.3) is 0 Å². The molecule has 0 radical (unpaired) electrons. The molecule has 1 aliphatic heterocycles. The summed E-state index contributed by atoms with van der Waals surface area (Å²) >= 11 is 0. The lowest BCUT2D eigenvalue weighted by molar-refractivity contribution is -0.0458. The van der Waals surface area contributed by atoms with Crippen LogP contribution in [0.5, 0.6) is 0 Å². The van der Waals surface area contributed by atoms with E-state index in [-0.39, 0.29) is 12.1 Å². The third-order valence-corrected chi connectivity index (χ3v) is 3.61. The highest BCUT2D eigenvalue weighted by molar-refractivity contribution is 5.41. The molecule has 1 fully saturated rings. The van der Waals surface area contributed by atoms with Gasteiger partial charge in [0.05, 0.1) is 18.8 Å². The van der Waals surface area contributed by atoms with E-state index in [1.807, 2.05) is 19.2 Å². The van der Waals surface area contributed by atoms with Crippen molar-refractivity contribution >= 4 is 5.82 Å². The Balaban J connectivity index is 2.11. The number of nitrogen functional groups attached to an aromatic ring is 1. The summed E-state index contributed by atoms with van der Waals surface area (Å²) in [6.45, 7) is 6.07. The summed E-state index contributed by atoms with van der Waals surface area (Å²) in [7, 11) is 1.94. The van der Waals surface area contributed by atoms with Crippen LogP contribution in [0.1, 0.15) is 24.9 Å². The number of nitrogens with two attached hydrogens (primary N) is 1. The Morgan fingerprint density at radius 2 is 2.47 bits per heavy atom. The Bertz CT molecular complexity index is 397. The van der Waals surface area contributed by atoms with E-state index in [2.05, 4.69) is 22.1 Å². The molecule has 0 aromatic carbocycles. The van der Waals surface area contributed by atoms with Gasteiger partial charge in [0.2, 0.25) is 0 Å². The Hall–Kier alpha value is -1.17. The van der Waals surface area contributed by atoms with Gasteiger partial charge in [0.15, 0.2) is 0 Å². The molecule has 2 rings (SSSR count). The van der Waals surface area contributed by atoms with Gasteiger partial charge >= 0.3 is 0 Å². The molecule has 106 valence electrons. The topological polar surface area (TPSA) is 63.4 Å². The fraction of sp³-hybridized carbons (Fsp3) is 0.643. The third-order valence-electron chi connectivity index (χ3n) is 3.61. The number of nitrogens with one attached hydrogen (secondary N) is 1. The van der Waals surface area contributed by atoms with Crippen LogP contribution >= 0.6 is 0 Å². The van der Waals surface area contributed by atoms with E-state index in [1.165, 1.54) is 6.42 Å². The Morgan fingerprint density at radius 1 is 1.63 bits per heavy atom. The van der Waals surface area contributed by atoms with Crippen molar-refractivity contribution < 1.29 is 4.74 Å². The average molecular weight is 264 g/mol. The van der Waals surface area contributed by atoms with Crippen molar-refractivity contribution in [1.82, 2.24) is 15.2 Å². The number of anilines is 1. The molecule has 2 atom stereocenters. The van der Waals surface area contributed by atoms with Crippen LogP contribution < -0.4 is 11.1 Å². The lowest BCUT2D eigenvalue weighted by Crippen LogP contribution is -2.48. The first-order chi connectivity index (χ1) is 9.26. The quantitative estimate of drug-likeness (QED) is 0.832. The monoisotopic (exact) mass is 264 g/mol. The van der Waals surface area contributed by atoms with E-state index in [4.69, 9.17) is 10.5 Å². The predicted molar refractivity (Wildman–Crippen MR) is 76.9 cm³/mol. The first-order valence-corrected chi connectivity index (χ1v) is 6.97. The van der Waals surface area contributed by atoms with E-state index in [0.29, 0.717) is 5.82 Å². The molecule has 1 aromatic rings. The number of likely N-dealkylation sites (N-methyl/N-ethyl adjacent to an activating group) is 1. The number of hydrogen-bond acceptors (Lipinski definition) is 5. The fourth-order valence-electron chi connectivity index (χ4n) is 2.69. The normalized spacial score (nSPS) is 22.3. The molecular weight excluding hydrogens is 240 g/mol. The lowest BCUT2D eigenvalue weighted by atomic mass is 10.0. The molecule has 19 heavy (non-hydrogen) atoms. The molecule has 5 heteroatoms. The largest absolute Gasteiger partial charge is 0.383 e. The lowest BCUT2D eigenvalue weighted by Gasteiger charge is -2.37. The molecule has 2 heterocycles. The van der Waals surface area contributed by atoms with E-state index in [0.717, 1.165) is 31.8 Å². The number of ether oxygens (including phenoxy) is 1. The zero-order valence-electron chi connectivity index (χ0n) is 11.8. The molecule has 1 saturated heterocycles. The van der Waals surface area contributed by atoms with E-state index in [9.17, 15) is 0 Å². The minimum atomic E-state index is 0.0911. The molecule has 0 amide bonds. The zero-order valence-corrected chi connectivity index (χ0v) is 11.8. The number of aromatic nitrogens is 1. The van der Waals surface area contributed by atoms with Crippen molar-refractivity contribution in [1.29, 1.82) is 0 Å². The maximum atomic E-state index is 5.98. The van der Waals surface area contributed by atoms with Crippen LogP contribution in [0.3, 0.4) is 0 Å². The highest BCUT2D eigenvalue weighted by Gasteiger charge is 2.29. The van der Waals surface area contributed by atoms with Gasteiger partial charge < -0.3 is 15.8 Å². The van der Waals surface area contributed by atoms with E-state index in [1.54, 1.807) is 6.20 Å². The van der Waals surface area contributed by atoms with Gasteiger partial charge in [-0.05, 0) is 26.1 Å². The molecule has 0 bridgehead atoms. The van der Waals surface area contributed by atoms with E-state index < -0.39 is 0 Å². The molecule has 1 aliphatic rings. The van der Waals surface area contributed by atoms with Crippen LogP contribution in [0.15, 0.2) is 18.3 Å². The number of pyridine rings is 1. The molecule has 0 saturated carbocycles. The summed E-state index contributed by atoms with van der Waals surface area (Å²) in [6, 6.07) is 4.03. The van der Waals surface area contributed by atoms with Gasteiger partial charge in [0, 0.05) is 24.8 Å². The maximum absolute atomic E-state index is 5.98. The Morgan fingerprint density at radius 3 is 3.16 bits per heavy atom. The molecular formula is C14H24N4O. The number of rotatable bonds is 5. The number of morpholine rings is 1. The van der Waals surface area contributed by atoms with Gasteiger partial charge in [0.1, 0.15) is 5.82 Å². The molecule has 1 aromatic heterocycles. The van der Waals surface area contributed by atoms with Gasteiger partial charge in [-0.15, -0.1) is 0 Å². The van der Waals surface area contributed by atoms with Gasteiger partial charge in [-0.1, -0.05) is 13.0 Å². The second-order valence-corrected chi connectivity index (χ2v) is 4.95. The highest BCUT2D eigenvalue weighted by atomic mass is 16.5. The minimum absolute atomic E-state index is 0.0911. The smallest absolute Gasteiger partial charge is 0.128 e. The standard InChI is InChI=1S/C14H24N4O/c1-3-7-18-8-9-19-12(10-18)13(16-2)11-5-4-6-17-14(11)15/h4-6,12-13,16H,3,7-10H2,1-2H3,(H2,15,17). The summed E-state index contributed by atoms with van der Waals surface area (Å²) in [5.41, 5.74) is 7.00. The summed E-state index contributed by atoms with van der Waals surface area (Å²) in [5.74, 6) is 0.582. The zero-order chi connectivity index (χ0) is 13.7. The minimum Gasteiger partial charge on any atom is -0.383 e. The van der Waals surface area contributed by atoms with Crippen molar-refractivity contribution in [2.24, 2.45) is 0 Å². The SMILES string of the molecule is CCCN1CCOC(C(NC)c2cccnc2N)C1. The molecule has 5 nitrogen and oxygen atoms in total. The van der Waals surface area contributed by atoms with Gasteiger partial charge in [-0.3, -0.25) is 4.90 Å². The van der Waals surface area contributed by atoms with Crippen LogP contribution in [0.2, 0.25) is 0 Å². The Labute approximate surface area is 115 Å². The summed E-state index contributed by atoms with van der Waals surface area (Å²) < 4.78 is 5.93. The molecule has 3 N–H and O–H groups in total. The first kappa shape index (κ1) is 14.2. The third kappa shape index (κ3) is 3.43. The maximum Gasteiger partial charge on any atom is 0.128 e.